The van der Waals surface area contributed by atoms with Crippen LogP contribution in [0, 0.1) is 5.41 Å². The van der Waals surface area contributed by atoms with Crippen molar-refractivity contribution < 1.29 is 9.21 Å². The van der Waals surface area contributed by atoms with Crippen molar-refractivity contribution in [3.05, 3.63) is 23.1 Å². The van der Waals surface area contributed by atoms with Crippen molar-refractivity contribution in [2.75, 3.05) is 19.6 Å². The second kappa shape index (κ2) is 5.29. The molecule has 0 saturated carbocycles. The number of furan rings is 1. The van der Waals surface area contributed by atoms with Gasteiger partial charge in [-0.15, -0.1) is 12.4 Å². The molecule has 6 heteroatoms. The normalized spacial score (nSPS) is 23.6. The Labute approximate surface area is 111 Å². The standard InChI is InChI=1S/C11H15ClN2O2.ClH/c1-11(6-13)4-5-14(7-11)10(15)8-2-3-9(12)16-8;/h2-3H,4-7,13H2,1H3;1H. The van der Waals surface area contributed by atoms with Gasteiger partial charge in [-0.2, -0.15) is 0 Å². The maximum absolute atomic E-state index is 12.0. The van der Waals surface area contributed by atoms with Crippen molar-refractivity contribution in [3.8, 4) is 0 Å². The van der Waals surface area contributed by atoms with Crippen molar-refractivity contribution in [1.82, 2.24) is 4.90 Å². The van der Waals surface area contributed by atoms with Gasteiger partial charge in [-0.05, 0) is 42.1 Å². The molecule has 1 aliphatic rings. The van der Waals surface area contributed by atoms with Crippen molar-refractivity contribution in [3.63, 3.8) is 0 Å². The van der Waals surface area contributed by atoms with Crippen LogP contribution in [0.3, 0.4) is 0 Å². The highest BCUT2D eigenvalue weighted by Crippen LogP contribution is 2.29. The summed E-state index contributed by atoms with van der Waals surface area (Å²) in [5.74, 6) is 0.190. The summed E-state index contributed by atoms with van der Waals surface area (Å²) in [5.41, 5.74) is 5.72. The lowest BCUT2D eigenvalue weighted by Gasteiger charge is -2.21. The highest BCUT2D eigenvalue weighted by molar-refractivity contribution is 6.29. The number of hydrogen-bond donors (Lipinski definition) is 1. The molecule has 1 fully saturated rings. The molecule has 2 heterocycles. The molecule has 2 rings (SSSR count). The number of rotatable bonds is 2. The Kier molecular flexibility index (Phi) is 4.47. The van der Waals surface area contributed by atoms with Crippen LogP contribution in [0.1, 0.15) is 23.9 Å². The molecular weight excluding hydrogens is 263 g/mol. The first-order valence-electron chi connectivity index (χ1n) is 5.29. The highest BCUT2D eigenvalue weighted by atomic mass is 35.5. The predicted molar refractivity (Wildman–Crippen MR) is 68.6 cm³/mol. The van der Waals surface area contributed by atoms with E-state index in [1.54, 1.807) is 17.0 Å². The van der Waals surface area contributed by atoms with Gasteiger partial charge in [-0.3, -0.25) is 4.79 Å². The van der Waals surface area contributed by atoms with Crippen LogP contribution in [-0.4, -0.2) is 30.4 Å². The van der Waals surface area contributed by atoms with Gasteiger partial charge in [0.15, 0.2) is 11.0 Å². The minimum atomic E-state index is -0.107. The lowest BCUT2D eigenvalue weighted by Crippen LogP contribution is -2.34. The fourth-order valence-electron chi connectivity index (χ4n) is 1.95. The van der Waals surface area contributed by atoms with Gasteiger partial charge in [-0.1, -0.05) is 6.92 Å². The van der Waals surface area contributed by atoms with Crippen LogP contribution in [0.4, 0.5) is 0 Å². The van der Waals surface area contributed by atoms with E-state index in [2.05, 4.69) is 6.92 Å². The smallest absolute Gasteiger partial charge is 0.289 e. The van der Waals surface area contributed by atoms with Gasteiger partial charge in [0, 0.05) is 13.1 Å². The summed E-state index contributed by atoms with van der Waals surface area (Å²) < 4.78 is 5.10. The minimum absolute atomic E-state index is 0. The zero-order valence-corrected chi connectivity index (χ0v) is 11.2. The molecule has 17 heavy (non-hydrogen) atoms. The van der Waals surface area contributed by atoms with Gasteiger partial charge >= 0.3 is 0 Å². The molecule has 1 amide bonds. The first-order valence-corrected chi connectivity index (χ1v) is 5.66. The molecular formula is C11H16Cl2N2O2. The van der Waals surface area contributed by atoms with Crippen molar-refractivity contribution >= 4 is 29.9 Å². The molecule has 1 unspecified atom stereocenters. The van der Waals surface area contributed by atoms with Gasteiger partial charge in [0.25, 0.3) is 5.91 Å². The van der Waals surface area contributed by atoms with Crippen LogP contribution in [0.25, 0.3) is 0 Å². The van der Waals surface area contributed by atoms with E-state index in [1.165, 1.54) is 0 Å². The number of halogens is 2. The van der Waals surface area contributed by atoms with Gasteiger partial charge < -0.3 is 15.1 Å². The van der Waals surface area contributed by atoms with E-state index in [0.29, 0.717) is 18.8 Å². The van der Waals surface area contributed by atoms with Crippen molar-refractivity contribution in [1.29, 1.82) is 0 Å². The number of nitrogens with two attached hydrogens (primary N) is 1. The van der Waals surface area contributed by atoms with Crippen LogP contribution >= 0.6 is 24.0 Å². The van der Waals surface area contributed by atoms with E-state index < -0.39 is 0 Å². The van der Waals surface area contributed by atoms with Crippen molar-refractivity contribution in [2.45, 2.75) is 13.3 Å². The van der Waals surface area contributed by atoms with Crippen molar-refractivity contribution in [2.24, 2.45) is 11.1 Å². The Hall–Kier alpha value is -0.710. The molecule has 4 nitrogen and oxygen atoms in total. The molecule has 2 N–H and O–H groups in total. The maximum atomic E-state index is 12.0. The van der Waals surface area contributed by atoms with Crippen LogP contribution in [0.15, 0.2) is 16.5 Å². The van der Waals surface area contributed by atoms with Crippen LogP contribution in [0.2, 0.25) is 5.22 Å². The molecule has 1 aliphatic heterocycles. The Morgan fingerprint density at radius 1 is 1.65 bits per heavy atom. The molecule has 0 bridgehead atoms. The van der Waals surface area contributed by atoms with Crippen LogP contribution in [0.5, 0.6) is 0 Å². The van der Waals surface area contributed by atoms with Gasteiger partial charge in [0.1, 0.15) is 0 Å². The SMILES string of the molecule is CC1(CN)CCN(C(=O)c2ccc(Cl)o2)C1.Cl. The lowest BCUT2D eigenvalue weighted by atomic mass is 9.90. The summed E-state index contributed by atoms with van der Waals surface area (Å²) in [6, 6.07) is 3.18. The number of hydrogen-bond acceptors (Lipinski definition) is 3. The van der Waals surface area contributed by atoms with Gasteiger partial charge in [0.2, 0.25) is 0 Å². The lowest BCUT2D eigenvalue weighted by molar-refractivity contribution is 0.0745. The summed E-state index contributed by atoms with van der Waals surface area (Å²) >= 11 is 5.64. The predicted octanol–water partition coefficient (Wildman–Crippen LogP) is 2.17. The Morgan fingerprint density at radius 3 is 2.82 bits per heavy atom. The van der Waals surface area contributed by atoms with Gasteiger partial charge in [0.05, 0.1) is 0 Å². The Balaban J connectivity index is 0.00000144. The first-order chi connectivity index (χ1) is 7.54. The van der Waals surface area contributed by atoms with E-state index in [0.717, 1.165) is 13.0 Å². The molecule has 0 aliphatic carbocycles. The summed E-state index contributed by atoms with van der Waals surface area (Å²) in [6.07, 6.45) is 0.934. The fraction of sp³-hybridized carbons (Fsp3) is 0.545. The molecule has 0 spiro atoms. The molecule has 96 valence electrons. The topological polar surface area (TPSA) is 59.5 Å². The molecule has 1 saturated heterocycles. The first kappa shape index (κ1) is 14.4. The third kappa shape index (κ3) is 2.94. The average molecular weight is 279 g/mol. The number of nitrogens with zero attached hydrogens (tertiary/aromatic N) is 1. The molecule has 0 aromatic carbocycles. The summed E-state index contributed by atoms with van der Waals surface area (Å²) in [7, 11) is 0. The van der Waals surface area contributed by atoms with Crippen LogP contribution in [-0.2, 0) is 0 Å². The van der Waals surface area contributed by atoms with E-state index in [9.17, 15) is 4.79 Å². The second-order valence-electron chi connectivity index (χ2n) is 4.60. The zero-order valence-electron chi connectivity index (χ0n) is 9.61. The highest BCUT2D eigenvalue weighted by Gasteiger charge is 2.35. The van der Waals surface area contributed by atoms with E-state index in [-0.39, 0.29) is 28.9 Å². The Bertz CT molecular complexity index is 408. The number of carbonyl (C=O) groups excluding carboxylic acids is 1. The second-order valence-corrected chi connectivity index (χ2v) is 4.97. The summed E-state index contributed by atoms with van der Waals surface area (Å²) in [5, 5.41) is 0.240. The minimum Gasteiger partial charge on any atom is -0.440 e. The van der Waals surface area contributed by atoms with E-state index in [4.69, 9.17) is 21.8 Å². The van der Waals surface area contributed by atoms with Crippen LogP contribution < -0.4 is 5.73 Å². The van der Waals surface area contributed by atoms with E-state index >= 15 is 0 Å². The maximum Gasteiger partial charge on any atom is 0.289 e. The van der Waals surface area contributed by atoms with Gasteiger partial charge in [-0.25, -0.2) is 0 Å². The summed E-state index contributed by atoms with van der Waals surface area (Å²) in [6.45, 7) is 4.09. The quantitative estimate of drug-likeness (QED) is 0.902. The molecule has 0 radical (unpaired) electrons. The average Bonchev–Trinajstić information content (AvgIpc) is 2.85. The number of carbonyl (C=O) groups is 1. The zero-order chi connectivity index (χ0) is 11.8. The molecule has 1 aromatic heterocycles. The third-order valence-electron chi connectivity index (χ3n) is 3.12. The number of amides is 1. The molecule has 1 atom stereocenters. The third-order valence-corrected chi connectivity index (χ3v) is 3.32. The van der Waals surface area contributed by atoms with E-state index in [1.807, 2.05) is 0 Å². The monoisotopic (exact) mass is 278 g/mol. The Morgan fingerprint density at radius 2 is 2.35 bits per heavy atom. The fourth-order valence-corrected chi connectivity index (χ4v) is 2.09. The molecule has 1 aromatic rings. The largest absolute Gasteiger partial charge is 0.440 e. The number of likely N-dealkylation sites (tertiary alicyclic amines) is 1. The summed E-state index contributed by atoms with van der Waals surface area (Å²) in [4.78, 5) is 13.8.